The number of benzene rings is 1. The number of anilines is 1. The van der Waals surface area contributed by atoms with Gasteiger partial charge in [-0.1, -0.05) is 25.0 Å². The van der Waals surface area contributed by atoms with Crippen LogP contribution in [0.1, 0.15) is 48.2 Å². The summed E-state index contributed by atoms with van der Waals surface area (Å²) in [4.78, 5) is 19.2. The van der Waals surface area contributed by atoms with Gasteiger partial charge in [0.25, 0.3) is 5.91 Å². The Labute approximate surface area is 177 Å². The summed E-state index contributed by atoms with van der Waals surface area (Å²) in [6.45, 7) is 2.90. The van der Waals surface area contributed by atoms with Gasteiger partial charge in [-0.15, -0.1) is 0 Å². The second-order valence-corrected chi connectivity index (χ2v) is 8.12. The number of hydrogen-bond donors (Lipinski definition) is 3. The highest BCUT2D eigenvalue weighted by atomic mass is 16.3. The highest BCUT2D eigenvalue weighted by Crippen LogP contribution is 2.26. The fraction of sp³-hybridized carbons (Fsp3) is 0.478. The van der Waals surface area contributed by atoms with Crippen molar-refractivity contribution in [1.82, 2.24) is 15.5 Å². The number of carbonyl (C=O) groups is 1. The minimum atomic E-state index is -0.254. The quantitative estimate of drug-likeness (QED) is 0.504. The summed E-state index contributed by atoms with van der Waals surface area (Å²) < 4.78 is 5.14. The largest absolute Gasteiger partial charge is 0.459 e. The van der Waals surface area contributed by atoms with Crippen LogP contribution in [0.3, 0.4) is 0 Å². The molecule has 0 radical (unpaired) electrons. The molecule has 1 unspecified atom stereocenters. The number of rotatable bonds is 6. The van der Waals surface area contributed by atoms with Crippen molar-refractivity contribution >= 4 is 17.6 Å². The van der Waals surface area contributed by atoms with Gasteiger partial charge in [0.05, 0.1) is 6.26 Å². The molecule has 4 rings (SSSR count). The molecule has 2 aliphatic rings. The standard InChI is InChI=1S/C23H31N5O2/c1-24-23(27-19-11-12-28(16-19)20-8-2-3-9-20)25-15-17-6-4-7-18(14-17)26-22(29)21-10-5-13-30-21/h4-7,10,13-14,19-20H,2-3,8-9,11-12,15-16H2,1H3,(H,26,29)(H2,24,25,27). The van der Waals surface area contributed by atoms with E-state index in [1.165, 1.54) is 38.5 Å². The van der Waals surface area contributed by atoms with Crippen molar-refractivity contribution in [2.75, 3.05) is 25.5 Å². The van der Waals surface area contributed by atoms with Crippen molar-refractivity contribution in [2.45, 2.75) is 50.7 Å². The van der Waals surface area contributed by atoms with E-state index in [4.69, 9.17) is 4.42 Å². The van der Waals surface area contributed by atoms with Gasteiger partial charge in [-0.3, -0.25) is 14.7 Å². The Morgan fingerprint density at radius 1 is 1.20 bits per heavy atom. The third kappa shape index (κ3) is 5.21. The summed E-state index contributed by atoms with van der Waals surface area (Å²) in [6, 6.07) is 12.4. The lowest BCUT2D eigenvalue weighted by atomic mass is 10.2. The molecule has 1 aromatic carbocycles. The average Bonchev–Trinajstić information content (AvgIpc) is 3.53. The maximum atomic E-state index is 12.2. The maximum absolute atomic E-state index is 12.2. The molecule has 7 heteroatoms. The normalized spacial score (nSPS) is 20.4. The number of hydrogen-bond acceptors (Lipinski definition) is 4. The van der Waals surface area contributed by atoms with Crippen LogP contribution in [0.2, 0.25) is 0 Å². The zero-order valence-electron chi connectivity index (χ0n) is 17.6. The first-order valence-electron chi connectivity index (χ1n) is 10.9. The molecule has 7 nitrogen and oxygen atoms in total. The van der Waals surface area contributed by atoms with Gasteiger partial charge in [-0.25, -0.2) is 0 Å². The molecule has 1 saturated carbocycles. The molecule has 3 N–H and O–H groups in total. The number of nitrogens with zero attached hydrogens (tertiary/aromatic N) is 2. The van der Waals surface area contributed by atoms with Crippen molar-refractivity contribution in [3.05, 3.63) is 54.0 Å². The third-order valence-electron chi connectivity index (χ3n) is 6.01. The molecule has 1 amide bonds. The first-order chi connectivity index (χ1) is 14.7. The average molecular weight is 410 g/mol. The molecule has 0 bridgehead atoms. The number of guanidine groups is 1. The summed E-state index contributed by atoms with van der Waals surface area (Å²) >= 11 is 0. The number of likely N-dealkylation sites (tertiary alicyclic amines) is 1. The minimum absolute atomic E-state index is 0.254. The predicted octanol–water partition coefficient (Wildman–Crippen LogP) is 3.21. The summed E-state index contributed by atoms with van der Waals surface area (Å²) in [7, 11) is 1.80. The van der Waals surface area contributed by atoms with Gasteiger partial charge < -0.3 is 20.4 Å². The number of nitrogens with one attached hydrogen (secondary N) is 3. The lowest BCUT2D eigenvalue weighted by Gasteiger charge is -2.24. The Kier molecular flexibility index (Phi) is 6.69. The molecule has 160 valence electrons. The molecule has 1 aliphatic heterocycles. The Hall–Kier alpha value is -2.80. The first-order valence-corrected chi connectivity index (χ1v) is 10.9. The molecule has 1 atom stereocenters. The lowest BCUT2D eigenvalue weighted by molar-refractivity contribution is 0.0996. The molecule has 2 fully saturated rings. The zero-order chi connectivity index (χ0) is 20.8. The molecule has 1 aromatic heterocycles. The molecule has 1 saturated heterocycles. The van der Waals surface area contributed by atoms with Crippen LogP contribution in [0.15, 0.2) is 52.1 Å². The monoisotopic (exact) mass is 409 g/mol. The number of aliphatic imine (C=N–C) groups is 1. The van der Waals surface area contributed by atoms with Crippen molar-refractivity contribution in [2.24, 2.45) is 4.99 Å². The fourth-order valence-electron chi connectivity index (χ4n) is 4.44. The van der Waals surface area contributed by atoms with Gasteiger partial charge in [0.15, 0.2) is 11.7 Å². The highest BCUT2D eigenvalue weighted by molar-refractivity contribution is 6.02. The second-order valence-electron chi connectivity index (χ2n) is 8.12. The fourth-order valence-corrected chi connectivity index (χ4v) is 4.44. The van der Waals surface area contributed by atoms with Crippen molar-refractivity contribution in [3.8, 4) is 0 Å². The molecule has 2 aromatic rings. The number of amides is 1. The van der Waals surface area contributed by atoms with Crippen LogP contribution in [0.25, 0.3) is 0 Å². The van der Waals surface area contributed by atoms with Gasteiger partial charge in [0.2, 0.25) is 0 Å². The molecular formula is C23H31N5O2. The van der Waals surface area contributed by atoms with E-state index < -0.39 is 0 Å². The van der Waals surface area contributed by atoms with Gasteiger partial charge in [0.1, 0.15) is 0 Å². The summed E-state index contributed by atoms with van der Waals surface area (Å²) in [5, 5.41) is 9.83. The summed E-state index contributed by atoms with van der Waals surface area (Å²) in [5.74, 6) is 0.861. The minimum Gasteiger partial charge on any atom is -0.459 e. The van der Waals surface area contributed by atoms with E-state index in [0.717, 1.165) is 36.2 Å². The first kappa shape index (κ1) is 20.5. The Balaban J connectivity index is 1.26. The maximum Gasteiger partial charge on any atom is 0.291 e. The zero-order valence-corrected chi connectivity index (χ0v) is 17.6. The van der Waals surface area contributed by atoms with Crippen LogP contribution in [0.5, 0.6) is 0 Å². The van der Waals surface area contributed by atoms with E-state index in [9.17, 15) is 4.79 Å². The molecule has 1 aliphatic carbocycles. The number of carbonyl (C=O) groups excluding carboxylic acids is 1. The van der Waals surface area contributed by atoms with Crippen LogP contribution in [-0.2, 0) is 6.54 Å². The van der Waals surface area contributed by atoms with Crippen LogP contribution < -0.4 is 16.0 Å². The molecule has 2 heterocycles. The molecule has 0 spiro atoms. The summed E-state index contributed by atoms with van der Waals surface area (Å²) in [6.07, 6.45) is 8.11. The van der Waals surface area contributed by atoms with E-state index in [-0.39, 0.29) is 5.91 Å². The van der Waals surface area contributed by atoms with Gasteiger partial charge in [-0.05, 0) is 49.1 Å². The van der Waals surface area contributed by atoms with Crippen molar-refractivity contribution < 1.29 is 9.21 Å². The van der Waals surface area contributed by atoms with Crippen LogP contribution >= 0.6 is 0 Å². The van der Waals surface area contributed by atoms with Crippen molar-refractivity contribution in [3.63, 3.8) is 0 Å². The van der Waals surface area contributed by atoms with E-state index in [1.807, 2.05) is 24.3 Å². The van der Waals surface area contributed by atoms with Crippen LogP contribution in [-0.4, -0.2) is 49.0 Å². The van der Waals surface area contributed by atoms with E-state index in [0.29, 0.717) is 18.3 Å². The number of furan rings is 1. The van der Waals surface area contributed by atoms with E-state index in [1.54, 1.807) is 19.2 Å². The smallest absolute Gasteiger partial charge is 0.291 e. The Morgan fingerprint density at radius 2 is 2.07 bits per heavy atom. The van der Waals surface area contributed by atoms with E-state index >= 15 is 0 Å². The SMILES string of the molecule is CN=C(NCc1cccc(NC(=O)c2ccco2)c1)NC1CCN(C2CCCC2)C1. The van der Waals surface area contributed by atoms with E-state index in [2.05, 4.69) is 25.8 Å². The molecular weight excluding hydrogens is 378 g/mol. The van der Waals surface area contributed by atoms with Gasteiger partial charge in [0, 0.05) is 44.5 Å². The van der Waals surface area contributed by atoms with Crippen LogP contribution in [0, 0.1) is 0 Å². The highest BCUT2D eigenvalue weighted by Gasteiger charge is 2.30. The molecule has 30 heavy (non-hydrogen) atoms. The summed E-state index contributed by atoms with van der Waals surface area (Å²) in [5.41, 5.74) is 1.80. The Bertz CT molecular complexity index is 858. The predicted molar refractivity (Wildman–Crippen MR) is 119 cm³/mol. The van der Waals surface area contributed by atoms with Crippen LogP contribution in [0.4, 0.5) is 5.69 Å². The van der Waals surface area contributed by atoms with Gasteiger partial charge >= 0.3 is 0 Å². The Morgan fingerprint density at radius 3 is 2.83 bits per heavy atom. The van der Waals surface area contributed by atoms with Gasteiger partial charge in [-0.2, -0.15) is 0 Å². The van der Waals surface area contributed by atoms with Crippen molar-refractivity contribution in [1.29, 1.82) is 0 Å². The topological polar surface area (TPSA) is 81.9 Å². The lowest BCUT2D eigenvalue weighted by Crippen LogP contribution is -2.45. The second kappa shape index (κ2) is 9.80. The third-order valence-corrected chi connectivity index (χ3v) is 6.01.